The molecule has 4 rings (SSSR count). The van der Waals surface area contributed by atoms with Crippen LogP contribution >= 0.6 is 0 Å². The van der Waals surface area contributed by atoms with E-state index >= 15 is 0 Å². The number of carbonyl (C=O) groups is 1. The summed E-state index contributed by atoms with van der Waals surface area (Å²) >= 11 is 0. The van der Waals surface area contributed by atoms with E-state index < -0.39 is 0 Å². The quantitative estimate of drug-likeness (QED) is 0.561. The molecule has 0 saturated carbocycles. The Morgan fingerprint density at radius 3 is 2.67 bits per heavy atom. The number of hydrogen-bond acceptors (Lipinski definition) is 4. The van der Waals surface area contributed by atoms with Gasteiger partial charge in [0, 0.05) is 12.7 Å². The van der Waals surface area contributed by atoms with Crippen LogP contribution in [-0.2, 0) is 11.3 Å². The van der Waals surface area contributed by atoms with Gasteiger partial charge in [-0.1, -0.05) is 36.4 Å². The third kappa shape index (κ3) is 4.15. The Labute approximate surface area is 156 Å². The summed E-state index contributed by atoms with van der Waals surface area (Å²) in [4.78, 5) is 16.4. The second-order valence-electron chi connectivity index (χ2n) is 6.10. The molecule has 1 amide bonds. The van der Waals surface area contributed by atoms with Crippen molar-refractivity contribution in [3.8, 4) is 17.2 Å². The van der Waals surface area contributed by atoms with Gasteiger partial charge in [-0.05, 0) is 46.7 Å². The van der Waals surface area contributed by atoms with Crippen molar-refractivity contribution in [2.75, 3.05) is 6.61 Å². The molecule has 2 aromatic heterocycles. The van der Waals surface area contributed by atoms with Crippen molar-refractivity contribution in [1.29, 1.82) is 0 Å². The van der Waals surface area contributed by atoms with E-state index in [2.05, 4.69) is 10.3 Å². The molecule has 27 heavy (non-hydrogen) atoms. The number of amides is 1. The minimum Gasteiger partial charge on any atom is -0.484 e. The predicted molar refractivity (Wildman–Crippen MR) is 103 cm³/mol. The smallest absolute Gasteiger partial charge is 0.258 e. The number of fused-ring (bicyclic) bond motifs is 1. The Bertz CT molecular complexity index is 1040. The Hall–Kier alpha value is -3.60. The normalized spacial score (nSPS) is 10.7. The molecule has 0 atom stereocenters. The fourth-order valence-electron chi connectivity index (χ4n) is 2.76. The first-order chi connectivity index (χ1) is 13.3. The van der Waals surface area contributed by atoms with Gasteiger partial charge >= 0.3 is 0 Å². The molecule has 0 spiro atoms. The van der Waals surface area contributed by atoms with Crippen LogP contribution in [0.2, 0.25) is 0 Å². The number of benzene rings is 2. The van der Waals surface area contributed by atoms with Crippen molar-refractivity contribution < 1.29 is 13.9 Å². The number of hydrogen-bond donors (Lipinski definition) is 1. The first kappa shape index (κ1) is 16.8. The fourth-order valence-corrected chi connectivity index (χ4v) is 2.76. The third-order valence-electron chi connectivity index (χ3n) is 4.18. The summed E-state index contributed by atoms with van der Waals surface area (Å²) < 4.78 is 10.9. The zero-order valence-corrected chi connectivity index (χ0v) is 14.6. The Balaban J connectivity index is 1.29. The lowest BCUT2D eigenvalue weighted by molar-refractivity contribution is -0.123. The predicted octanol–water partition coefficient (Wildman–Crippen LogP) is 4.19. The number of furan rings is 1. The molecular weight excluding hydrogens is 340 g/mol. The zero-order chi connectivity index (χ0) is 18.5. The number of pyridine rings is 1. The van der Waals surface area contributed by atoms with Gasteiger partial charge in [-0.15, -0.1) is 0 Å². The monoisotopic (exact) mass is 358 g/mol. The number of carbonyl (C=O) groups excluding carboxylic acids is 1. The van der Waals surface area contributed by atoms with E-state index in [0.29, 0.717) is 12.3 Å². The number of ether oxygens (including phenoxy) is 1. The lowest BCUT2D eigenvalue weighted by Crippen LogP contribution is -2.28. The minimum absolute atomic E-state index is 0.0315. The molecule has 0 aliphatic carbocycles. The average molecular weight is 358 g/mol. The van der Waals surface area contributed by atoms with Gasteiger partial charge in [0.2, 0.25) is 0 Å². The van der Waals surface area contributed by atoms with E-state index in [1.807, 2.05) is 66.7 Å². The van der Waals surface area contributed by atoms with Crippen LogP contribution in [0.1, 0.15) is 5.56 Å². The van der Waals surface area contributed by atoms with Crippen LogP contribution in [0.25, 0.3) is 22.2 Å². The van der Waals surface area contributed by atoms with Crippen molar-refractivity contribution in [2.24, 2.45) is 0 Å². The maximum absolute atomic E-state index is 12.0. The van der Waals surface area contributed by atoms with Gasteiger partial charge in [0.25, 0.3) is 5.91 Å². The van der Waals surface area contributed by atoms with Crippen molar-refractivity contribution in [2.45, 2.75) is 6.54 Å². The van der Waals surface area contributed by atoms with Gasteiger partial charge in [-0.2, -0.15) is 0 Å². The average Bonchev–Trinajstić information content (AvgIpc) is 3.26. The molecule has 5 heteroatoms. The number of rotatable bonds is 6. The Kier molecular flexibility index (Phi) is 4.83. The SMILES string of the molecule is O=C(COc1ccc2ccccc2c1)NCc1ccc(-c2ccco2)nc1. The molecule has 4 aromatic rings. The van der Waals surface area contributed by atoms with Crippen LogP contribution in [0.3, 0.4) is 0 Å². The molecule has 0 bridgehead atoms. The van der Waals surface area contributed by atoms with E-state index in [1.54, 1.807) is 12.5 Å². The molecular formula is C22H18N2O3. The first-order valence-electron chi connectivity index (χ1n) is 8.65. The van der Waals surface area contributed by atoms with Gasteiger partial charge in [-0.25, -0.2) is 0 Å². The van der Waals surface area contributed by atoms with Crippen LogP contribution in [-0.4, -0.2) is 17.5 Å². The highest BCUT2D eigenvalue weighted by molar-refractivity contribution is 5.84. The van der Waals surface area contributed by atoms with Gasteiger partial charge in [-0.3, -0.25) is 9.78 Å². The molecule has 134 valence electrons. The van der Waals surface area contributed by atoms with Crippen molar-refractivity contribution in [3.63, 3.8) is 0 Å². The van der Waals surface area contributed by atoms with Gasteiger partial charge in [0.1, 0.15) is 11.4 Å². The van der Waals surface area contributed by atoms with Crippen LogP contribution in [0.5, 0.6) is 5.75 Å². The Morgan fingerprint density at radius 2 is 1.89 bits per heavy atom. The van der Waals surface area contributed by atoms with Crippen LogP contribution in [0.4, 0.5) is 0 Å². The molecule has 2 heterocycles. The number of nitrogens with one attached hydrogen (secondary N) is 1. The van der Waals surface area contributed by atoms with Crippen molar-refractivity contribution in [3.05, 3.63) is 84.8 Å². The molecule has 0 aliphatic heterocycles. The van der Waals surface area contributed by atoms with E-state index in [0.717, 1.165) is 27.8 Å². The molecule has 0 unspecified atom stereocenters. The van der Waals surface area contributed by atoms with Crippen molar-refractivity contribution >= 4 is 16.7 Å². The standard InChI is InChI=1S/C22H18N2O3/c25-22(15-27-19-9-8-17-4-1-2-5-18(17)12-19)24-14-16-7-10-20(23-13-16)21-6-3-11-26-21/h1-13H,14-15H2,(H,24,25). The van der Waals surface area contributed by atoms with Gasteiger partial charge in [0.05, 0.1) is 6.26 Å². The Morgan fingerprint density at radius 1 is 1.00 bits per heavy atom. The highest BCUT2D eigenvalue weighted by Crippen LogP contribution is 2.20. The van der Waals surface area contributed by atoms with E-state index in [1.165, 1.54) is 0 Å². The largest absolute Gasteiger partial charge is 0.484 e. The van der Waals surface area contributed by atoms with Crippen molar-refractivity contribution in [1.82, 2.24) is 10.3 Å². The summed E-state index contributed by atoms with van der Waals surface area (Å²) in [5.41, 5.74) is 1.67. The lowest BCUT2D eigenvalue weighted by atomic mass is 10.1. The zero-order valence-electron chi connectivity index (χ0n) is 14.6. The second-order valence-corrected chi connectivity index (χ2v) is 6.10. The highest BCUT2D eigenvalue weighted by Gasteiger charge is 2.05. The number of nitrogens with zero attached hydrogens (tertiary/aromatic N) is 1. The molecule has 0 aliphatic rings. The second kappa shape index (κ2) is 7.74. The maximum Gasteiger partial charge on any atom is 0.258 e. The fraction of sp³-hybridized carbons (Fsp3) is 0.0909. The summed E-state index contributed by atoms with van der Waals surface area (Å²) in [6, 6.07) is 21.3. The first-order valence-corrected chi connectivity index (χ1v) is 8.65. The van der Waals surface area contributed by atoms with E-state index in [4.69, 9.17) is 9.15 Å². The van der Waals surface area contributed by atoms with Crippen LogP contribution in [0, 0.1) is 0 Å². The van der Waals surface area contributed by atoms with Gasteiger partial charge in [0.15, 0.2) is 12.4 Å². The minimum atomic E-state index is -0.182. The summed E-state index contributed by atoms with van der Waals surface area (Å²) in [6.07, 6.45) is 3.34. The third-order valence-corrected chi connectivity index (χ3v) is 4.18. The summed E-state index contributed by atoms with van der Waals surface area (Å²) in [5, 5.41) is 5.05. The maximum atomic E-state index is 12.0. The molecule has 0 radical (unpaired) electrons. The summed E-state index contributed by atoms with van der Waals surface area (Å²) in [5.74, 6) is 1.21. The molecule has 1 N–H and O–H groups in total. The van der Waals surface area contributed by atoms with E-state index in [9.17, 15) is 4.79 Å². The van der Waals surface area contributed by atoms with Crippen LogP contribution in [0.15, 0.2) is 83.6 Å². The van der Waals surface area contributed by atoms with E-state index in [-0.39, 0.29) is 12.5 Å². The topological polar surface area (TPSA) is 64.4 Å². The van der Waals surface area contributed by atoms with Crippen LogP contribution < -0.4 is 10.1 Å². The molecule has 0 saturated heterocycles. The summed E-state index contributed by atoms with van der Waals surface area (Å²) in [7, 11) is 0. The van der Waals surface area contributed by atoms with Gasteiger partial charge < -0.3 is 14.5 Å². The molecule has 0 fully saturated rings. The molecule has 2 aromatic carbocycles. The molecule has 5 nitrogen and oxygen atoms in total. The lowest BCUT2D eigenvalue weighted by Gasteiger charge is -2.08. The highest BCUT2D eigenvalue weighted by atomic mass is 16.5. The number of aromatic nitrogens is 1. The summed E-state index contributed by atoms with van der Waals surface area (Å²) in [6.45, 7) is 0.363.